The Morgan fingerprint density at radius 3 is 2.83 bits per heavy atom. The second-order valence-corrected chi connectivity index (χ2v) is 4.91. The van der Waals surface area contributed by atoms with Gasteiger partial charge in [-0.05, 0) is 20.8 Å². The Morgan fingerprint density at radius 2 is 2.42 bits per heavy atom. The molecule has 0 radical (unpaired) electrons. The maximum absolute atomic E-state index is 11.4. The fourth-order valence-corrected chi connectivity index (χ4v) is 2.20. The van der Waals surface area contributed by atoms with Gasteiger partial charge in [-0.15, -0.1) is 11.8 Å². The molecule has 0 amide bonds. The highest BCUT2D eigenvalue weighted by Gasteiger charge is 2.40. The van der Waals surface area contributed by atoms with Gasteiger partial charge in [-0.25, -0.2) is 0 Å². The fraction of sp³-hybridized carbons (Fsp3) is 0.875. The monoisotopic (exact) mass is 189 g/mol. The minimum atomic E-state index is -0.151. The molecule has 1 heterocycles. The zero-order valence-corrected chi connectivity index (χ0v) is 8.53. The smallest absolute Gasteiger partial charge is 0.324 e. The van der Waals surface area contributed by atoms with Crippen molar-refractivity contribution in [2.24, 2.45) is 0 Å². The van der Waals surface area contributed by atoms with Crippen LogP contribution in [-0.4, -0.2) is 29.2 Å². The van der Waals surface area contributed by atoms with Gasteiger partial charge in [0.2, 0.25) is 0 Å². The van der Waals surface area contributed by atoms with Crippen LogP contribution in [0.3, 0.4) is 0 Å². The number of rotatable bonds is 2. The van der Waals surface area contributed by atoms with Crippen molar-refractivity contribution in [3.05, 3.63) is 0 Å². The first-order valence-electron chi connectivity index (χ1n) is 4.12. The van der Waals surface area contributed by atoms with E-state index in [2.05, 4.69) is 19.2 Å². The zero-order chi connectivity index (χ0) is 9.19. The molecule has 0 bridgehead atoms. The molecule has 0 saturated carbocycles. The summed E-state index contributed by atoms with van der Waals surface area (Å²) in [6, 6.07) is -0.151. The van der Waals surface area contributed by atoms with Gasteiger partial charge in [-0.2, -0.15) is 0 Å². The summed E-state index contributed by atoms with van der Waals surface area (Å²) in [5.41, 5.74) is 0. The number of ether oxygens (including phenoxy) is 1. The molecule has 12 heavy (non-hydrogen) atoms. The van der Waals surface area contributed by atoms with E-state index in [4.69, 9.17) is 4.74 Å². The SMILES string of the molecule is CCOC(=O)[C@@H]1NCSC1(C)C. The maximum atomic E-state index is 11.4. The molecule has 70 valence electrons. The van der Waals surface area contributed by atoms with Gasteiger partial charge < -0.3 is 4.74 Å². The lowest BCUT2D eigenvalue weighted by atomic mass is 10.0. The molecule has 1 aliphatic rings. The highest BCUT2D eigenvalue weighted by Crippen LogP contribution is 2.33. The number of esters is 1. The van der Waals surface area contributed by atoms with Gasteiger partial charge in [-0.3, -0.25) is 10.1 Å². The molecule has 1 saturated heterocycles. The zero-order valence-electron chi connectivity index (χ0n) is 7.72. The van der Waals surface area contributed by atoms with Gasteiger partial charge in [-0.1, -0.05) is 0 Å². The Hall–Kier alpha value is -0.220. The first-order valence-corrected chi connectivity index (χ1v) is 5.10. The molecule has 0 aromatic heterocycles. The molecule has 1 aliphatic heterocycles. The molecule has 0 aromatic carbocycles. The van der Waals surface area contributed by atoms with E-state index in [1.807, 2.05) is 6.92 Å². The molecule has 1 atom stereocenters. The molecule has 0 aliphatic carbocycles. The highest BCUT2D eigenvalue weighted by molar-refractivity contribution is 8.00. The molecule has 0 spiro atoms. The summed E-state index contributed by atoms with van der Waals surface area (Å²) in [4.78, 5) is 11.4. The summed E-state index contributed by atoms with van der Waals surface area (Å²) in [5.74, 6) is 0.698. The van der Waals surface area contributed by atoms with Crippen molar-refractivity contribution in [1.29, 1.82) is 0 Å². The van der Waals surface area contributed by atoms with Crippen LogP contribution in [0.1, 0.15) is 20.8 Å². The highest BCUT2D eigenvalue weighted by atomic mass is 32.2. The van der Waals surface area contributed by atoms with Gasteiger partial charge in [0, 0.05) is 10.6 Å². The normalized spacial score (nSPS) is 27.1. The minimum Gasteiger partial charge on any atom is -0.465 e. The van der Waals surface area contributed by atoms with Crippen LogP contribution in [0.2, 0.25) is 0 Å². The van der Waals surface area contributed by atoms with Crippen molar-refractivity contribution in [3.8, 4) is 0 Å². The van der Waals surface area contributed by atoms with E-state index in [1.165, 1.54) is 0 Å². The summed E-state index contributed by atoms with van der Waals surface area (Å²) in [6.45, 7) is 6.39. The standard InChI is InChI=1S/C8H15NO2S/c1-4-11-7(10)6-8(2,3)12-5-9-6/h6,9H,4-5H2,1-3H3/t6-/m0/s1. The first-order chi connectivity index (χ1) is 5.58. The van der Waals surface area contributed by atoms with Crippen molar-refractivity contribution in [2.75, 3.05) is 12.5 Å². The predicted molar refractivity (Wildman–Crippen MR) is 50.1 cm³/mol. The van der Waals surface area contributed by atoms with Crippen molar-refractivity contribution in [3.63, 3.8) is 0 Å². The van der Waals surface area contributed by atoms with Crippen LogP contribution in [0, 0.1) is 0 Å². The average Bonchev–Trinajstić information content (AvgIpc) is 2.30. The van der Waals surface area contributed by atoms with E-state index in [-0.39, 0.29) is 16.8 Å². The van der Waals surface area contributed by atoms with Gasteiger partial charge >= 0.3 is 5.97 Å². The van der Waals surface area contributed by atoms with E-state index >= 15 is 0 Å². The predicted octanol–water partition coefficient (Wildman–Crippen LogP) is 0.991. The Labute approximate surface area is 77.2 Å². The number of hydrogen-bond acceptors (Lipinski definition) is 4. The van der Waals surface area contributed by atoms with Crippen molar-refractivity contribution < 1.29 is 9.53 Å². The molecular formula is C8H15NO2S. The molecular weight excluding hydrogens is 174 g/mol. The summed E-state index contributed by atoms with van der Waals surface area (Å²) in [6.07, 6.45) is 0. The van der Waals surface area contributed by atoms with Gasteiger partial charge in [0.25, 0.3) is 0 Å². The number of hydrogen-bond donors (Lipinski definition) is 1. The van der Waals surface area contributed by atoms with Crippen LogP contribution < -0.4 is 5.32 Å². The third-order valence-corrected chi connectivity index (χ3v) is 3.24. The Kier molecular flexibility index (Phi) is 3.01. The number of carbonyl (C=O) groups excluding carboxylic acids is 1. The summed E-state index contributed by atoms with van der Waals surface area (Å²) >= 11 is 1.75. The van der Waals surface area contributed by atoms with Crippen LogP contribution >= 0.6 is 11.8 Å². The van der Waals surface area contributed by atoms with E-state index in [0.29, 0.717) is 6.61 Å². The minimum absolute atomic E-state index is 0.0355. The topological polar surface area (TPSA) is 38.3 Å². The second-order valence-electron chi connectivity index (χ2n) is 3.28. The summed E-state index contributed by atoms with van der Waals surface area (Å²) < 4.78 is 4.91. The van der Waals surface area contributed by atoms with Gasteiger partial charge in [0.05, 0.1) is 6.61 Å². The molecule has 1 fully saturated rings. The quantitative estimate of drug-likeness (QED) is 0.657. The molecule has 4 heteroatoms. The average molecular weight is 189 g/mol. The molecule has 0 unspecified atom stereocenters. The second kappa shape index (κ2) is 3.66. The lowest BCUT2D eigenvalue weighted by Crippen LogP contribution is -2.44. The van der Waals surface area contributed by atoms with E-state index in [9.17, 15) is 4.79 Å². The molecule has 1 N–H and O–H groups in total. The van der Waals surface area contributed by atoms with Gasteiger partial charge in [0.15, 0.2) is 0 Å². The Morgan fingerprint density at radius 1 is 1.75 bits per heavy atom. The largest absolute Gasteiger partial charge is 0.465 e. The van der Waals surface area contributed by atoms with Crippen molar-refractivity contribution in [2.45, 2.75) is 31.6 Å². The third-order valence-electron chi connectivity index (χ3n) is 1.95. The van der Waals surface area contributed by atoms with Crippen molar-refractivity contribution >= 4 is 17.7 Å². The van der Waals surface area contributed by atoms with Crippen LogP contribution in [0.4, 0.5) is 0 Å². The summed E-state index contributed by atoms with van der Waals surface area (Å²) in [7, 11) is 0. The third kappa shape index (κ3) is 1.93. The van der Waals surface area contributed by atoms with Crippen LogP contribution in [0.5, 0.6) is 0 Å². The summed E-state index contributed by atoms with van der Waals surface area (Å²) in [5, 5.41) is 3.12. The molecule has 1 rings (SSSR count). The van der Waals surface area contributed by atoms with E-state index in [0.717, 1.165) is 5.88 Å². The molecule has 0 aromatic rings. The Bertz CT molecular complexity index is 182. The van der Waals surface area contributed by atoms with Crippen molar-refractivity contribution in [1.82, 2.24) is 5.32 Å². The fourth-order valence-electron chi connectivity index (χ4n) is 1.23. The van der Waals surface area contributed by atoms with Crippen LogP contribution in [-0.2, 0) is 9.53 Å². The van der Waals surface area contributed by atoms with Gasteiger partial charge in [0.1, 0.15) is 6.04 Å². The lowest BCUT2D eigenvalue weighted by Gasteiger charge is -2.23. The number of nitrogens with one attached hydrogen (secondary N) is 1. The number of thioether (sulfide) groups is 1. The van der Waals surface area contributed by atoms with E-state index < -0.39 is 0 Å². The number of carbonyl (C=O) groups is 1. The lowest BCUT2D eigenvalue weighted by molar-refractivity contribution is -0.145. The van der Waals surface area contributed by atoms with Crippen LogP contribution in [0.15, 0.2) is 0 Å². The first kappa shape index (κ1) is 9.86. The van der Waals surface area contributed by atoms with Crippen LogP contribution in [0.25, 0.3) is 0 Å². The Balaban J connectivity index is 2.56. The maximum Gasteiger partial charge on any atom is 0.324 e. The van der Waals surface area contributed by atoms with E-state index in [1.54, 1.807) is 11.8 Å². The molecule has 3 nitrogen and oxygen atoms in total.